The van der Waals surface area contributed by atoms with Crippen LogP contribution in [0, 0.1) is 0 Å². The first kappa shape index (κ1) is 13.0. The van der Waals surface area contributed by atoms with Gasteiger partial charge in [0.25, 0.3) is 0 Å². The Bertz CT molecular complexity index is 406. The van der Waals surface area contributed by atoms with Crippen molar-refractivity contribution in [1.82, 2.24) is 0 Å². The first-order valence-corrected chi connectivity index (χ1v) is 7.47. The van der Waals surface area contributed by atoms with Crippen LogP contribution in [0.2, 0.25) is 0 Å². The number of ether oxygens (including phenoxy) is 1. The molecule has 1 rings (SSSR count). The fourth-order valence-corrected chi connectivity index (χ4v) is 1.97. The van der Waals surface area contributed by atoms with Crippen LogP contribution in [-0.4, -0.2) is 27.0 Å². The fourth-order valence-electron chi connectivity index (χ4n) is 1.33. The highest BCUT2D eigenvalue weighted by molar-refractivity contribution is 7.90. The predicted molar refractivity (Wildman–Crippen MR) is 65.6 cm³/mol. The Morgan fingerprint density at radius 3 is 2.31 bits per heavy atom. The van der Waals surface area contributed by atoms with Crippen LogP contribution in [0.1, 0.15) is 18.9 Å². The highest BCUT2D eigenvalue weighted by atomic mass is 32.2. The molecule has 0 bridgehead atoms. The van der Waals surface area contributed by atoms with Crippen LogP contribution in [0.4, 0.5) is 0 Å². The van der Waals surface area contributed by atoms with Crippen molar-refractivity contribution in [1.29, 1.82) is 0 Å². The van der Waals surface area contributed by atoms with Crippen molar-refractivity contribution >= 4 is 9.84 Å². The van der Waals surface area contributed by atoms with Crippen molar-refractivity contribution in [2.24, 2.45) is 0 Å². The smallest absolute Gasteiger partial charge is 0.147 e. The molecule has 0 saturated carbocycles. The van der Waals surface area contributed by atoms with Gasteiger partial charge in [-0.25, -0.2) is 8.42 Å². The molecule has 0 unspecified atom stereocenters. The summed E-state index contributed by atoms with van der Waals surface area (Å²) >= 11 is 0. The first-order valence-electron chi connectivity index (χ1n) is 5.41. The van der Waals surface area contributed by atoms with Gasteiger partial charge in [-0.3, -0.25) is 0 Å². The maximum absolute atomic E-state index is 10.9. The fraction of sp³-hybridized carbons (Fsp3) is 0.500. The monoisotopic (exact) mass is 242 g/mol. The summed E-state index contributed by atoms with van der Waals surface area (Å²) in [5, 5.41) is 0. The molecule has 0 fully saturated rings. The zero-order chi connectivity index (χ0) is 12.0. The molecule has 16 heavy (non-hydrogen) atoms. The second-order valence-corrected chi connectivity index (χ2v) is 6.09. The van der Waals surface area contributed by atoms with Crippen molar-refractivity contribution in [3.05, 3.63) is 29.8 Å². The van der Waals surface area contributed by atoms with Gasteiger partial charge in [0.2, 0.25) is 0 Å². The third-order valence-corrected chi connectivity index (χ3v) is 3.29. The molecule has 0 radical (unpaired) electrons. The van der Waals surface area contributed by atoms with E-state index in [2.05, 4.69) is 6.92 Å². The van der Waals surface area contributed by atoms with Gasteiger partial charge in [-0.05, 0) is 30.5 Å². The van der Waals surface area contributed by atoms with Gasteiger partial charge < -0.3 is 4.74 Å². The first-order chi connectivity index (χ1) is 7.51. The Morgan fingerprint density at radius 1 is 1.19 bits per heavy atom. The zero-order valence-electron chi connectivity index (χ0n) is 9.77. The lowest BCUT2D eigenvalue weighted by atomic mass is 10.2. The molecule has 0 aliphatic rings. The van der Waals surface area contributed by atoms with Crippen molar-refractivity contribution in [2.45, 2.75) is 19.8 Å². The number of hydrogen-bond acceptors (Lipinski definition) is 3. The molecule has 0 aliphatic heterocycles. The van der Waals surface area contributed by atoms with Gasteiger partial charge in [0.15, 0.2) is 0 Å². The normalized spacial score (nSPS) is 11.4. The number of rotatable bonds is 6. The lowest BCUT2D eigenvalue weighted by Crippen LogP contribution is -2.07. The Labute approximate surface area is 97.4 Å². The van der Waals surface area contributed by atoms with Crippen molar-refractivity contribution < 1.29 is 13.2 Å². The number of benzene rings is 1. The van der Waals surface area contributed by atoms with E-state index in [0.29, 0.717) is 13.0 Å². The van der Waals surface area contributed by atoms with Gasteiger partial charge in [0.1, 0.15) is 15.6 Å². The molecule has 1 aromatic rings. The van der Waals surface area contributed by atoms with Crippen LogP contribution in [-0.2, 0) is 16.3 Å². The van der Waals surface area contributed by atoms with Crippen molar-refractivity contribution in [3.63, 3.8) is 0 Å². The van der Waals surface area contributed by atoms with Crippen LogP contribution in [0.15, 0.2) is 24.3 Å². The van der Waals surface area contributed by atoms with Crippen LogP contribution >= 0.6 is 0 Å². The summed E-state index contributed by atoms with van der Waals surface area (Å²) < 4.78 is 27.2. The van der Waals surface area contributed by atoms with Gasteiger partial charge in [0, 0.05) is 6.26 Å². The van der Waals surface area contributed by atoms with E-state index < -0.39 is 9.84 Å². The summed E-state index contributed by atoms with van der Waals surface area (Å²) in [4.78, 5) is 0. The molecule has 0 spiro atoms. The van der Waals surface area contributed by atoms with E-state index in [9.17, 15) is 8.42 Å². The van der Waals surface area contributed by atoms with Crippen molar-refractivity contribution in [2.75, 3.05) is 18.6 Å². The lowest BCUT2D eigenvalue weighted by Gasteiger charge is -2.06. The van der Waals surface area contributed by atoms with E-state index in [1.54, 1.807) is 0 Å². The molecule has 90 valence electrons. The van der Waals surface area contributed by atoms with E-state index in [4.69, 9.17) is 4.74 Å². The molecule has 0 atom stereocenters. The average molecular weight is 242 g/mol. The summed E-state index contributed by atoms with van der Waals surface area (Å²) in [5.41, 5.74) is 1.27. The predicted octanol–water partition coefficient (Wildman–Crippen LogP) is 2.06. The molecule has 0 heterocycles. The second-order valence-electron chi connectivity index (χ2n) is 3.83. The highest BCUT2D eigenvalue weighted by Gasteiger charge is 2.01. The topological polar surface area (TPSA) is 43.4 Å². The molecule has 0 saturated heterocycles. The molecule has 0 N–H and O–H groups in total. The third-order valence-electron chi connectivity index (χ3n) is 2.26. The second kappa shape index (κ2) is 5.89. The van der Waals surface area contributed by atoms with E-state index in [0.717, 1.165) is 12.2 Å². The molecule has 0 amide bonds. The Balaban J connectivity index is 2.32. The molecular formula is C12H18O3S. The Morgan fingerprint density at radius 2 is 1.81 bits per heavy atom. The minimum atomic E-state index is -2.87. The van der Waals surface area contributed by atoms with Gasteiger partial charge in [-0.1, -0.05) is 19.1 Å². The molecule has 0 aliphatic carbocycles. The minimum absolute atomic E-state index is 0.181. The molecule has 0 aromatic heterocycles. The van der Waals surface area contributed by atoms with E-state index >= 15 is 0 Å². The minimum Gasteiger partial charge on any atom is -0.494 e. The molecular weight excluding hydrogens is 224 g/mol. The van der Waals surface area contributed by atoms with Crippen LogP contribution in [0.3, 0.4) is 0 Å². The lowest BCUT2D eigenvalue weighted by molar-refractivity contribution is 0.317. The summed E-state index contributed by atoms with van der Waals surface area (Å²) in [5.74, 6) is 0.978. The number of sulfone groups is 1. The Hall–Kier alpha value is -1.03. The third kappa shape index (κ3) is 5.16. The zero-order valence-corrected chi connectivity index (χ0v) is 10.6. The summed E-state index contributed by atoms with van der Waals surface area (Å²) in [6, 6.07) is 7.87. The largest absolute Gasteiger partial charge is 0.494 e. The van der Waals surface area contributed by atoms with E-state index in [1.165, 1.54) is 11.8 Å². The Kier molecular flexibility index (Phi) is 4.80. The van der Waals surface area contributed by atoms with Crippen LogP contribution < -0.4 is 4.74 Å². The summed E-state index contributed by atoms with van der Waals surface area (Å²) in [6.07, 6.45) is 2.78. The molecule has 4 heteroatoms. The number of hydrogen-bond donors (Lipinski definition) is 0. The maximum atomic E-state index is 10.9. The van der Waals surface area contributed by atoms with Gasteiger partial charge in [-0.15, -0.1) is 0 Å². The quantitative estimate of drug-likeness (QED) is 0.717. The van der Waals surface area contributed by atoms with Crippen LogP contribution in [0.25, 0.3) is 0 Å². The van der Waals surface area contributed by atoms with Gasteiger partial charge in [-0.2, -0.15) is 0 Å². The van der Waals surface area contributed by atoms with Gasteiger partial charge >= 0.3 is 0 Å². The molecule has 1 aromatic carbocycles. The average Bonchev–Trinajstić information content (AvgIpc) is 2.24. The van der Waals surface area contributed by atoms with E-state index in [-0.39, 0.29) is 5.75 Å². The van der Waals surface area contributed by atoms with E-state index in [1.807, 2.05) is 24.3 Å². The summed E-state index contributed by atoms with van der Waals surface area (Å²) in [7, 11) is -2.87. The maximum Gasteiger partial charge on any atom is 0.147 e. The van der Waals surface area contributed by atoms with Crippen molar-refractivity contribution in [3.8, 4) is 5.75 Å². The summed E-state index contributed by atoms with van der Waals surface area (Å²) in [6.45, 7) is 2.54. The SMILES string of the molecule is CCc1ccc(OCCCS(C)(=O)=O)cc1. The van der Waals surface area contributed by atoms with Crippen LogP contribution in [0.5, 0.6) is 5.75 Å². The van der Waals surface area contributed by atoms with Gasteiger partial charge in [0.05, 0.1) is 12.4 Å². The standard InChI is InChI=1S/C12H18O3S/c1-3-11-5-7-12(8-6-11)15-9-4-10-16(2,13)14/h5-8H,3-4,9-10H2,1-2H3. The highest BCUT2D eigenvalue weighted by Crippen LogP contribution is 2.12. The molecule has 3 nitrogen and oxygen atoms in total. The number of aryl methyl sites for hydroxylation is 1.